The first kappa shape index (κ1) is 15.5. The fraction of sp³-hybridized carbons (Fsp3) is 0.600. The van der Waals surface area contributed by atoms with Crippen molar-refractivity contribution in [2.24, 2.45) is 0 Å². The Kier molecular flexibility index (Phi) is 4.83. The second kappa shape index (κ2) is 6.24. The van der Waals surface area contributed by atoms with E-state index in [1.165, 1.54) is 17.4 Å². The largest absolute Gasteiger partial charge is 0.299 e. The average molecular weight is 296 g/mol. The van der Waals surface area contributed by atoms with Gasteiger partial charge in [-0.25, -0.2) is 13.1 Å². The van der Waals surface area contributed by atoms with Crippen LogP contribution in [-0.4, -0.2) is 45.2 Å². The van der Waals surface area contributed by atoms with Crippen LogP contribution in [0.4, 0.5) is 0 Å². The van der Waals surface area contributed by atoms with E-state index < -0.39 is 10.0 Å². The third kappa shape index (κ3) is 4.04. The van der Waals surface area contributed by atoms with Gasteiger partial charge >= 0.3 is 0 Å². The summed E-state index contributed by atoms with van der Waals surface area (Å²) in [6, 6.07) is 9.05. The van der Waals surface area contributed by atoms with Crippen molar-refractivity contribution in [1.29, 1.82) is 0 Å². The molecule has 1 aromatic rings. The Labute approximate surface area is 122 Å². The lowest BCUT2D eigenvalue weighted by atomic mass is 9.93. The van der Waals surface area contributed by atoms with E-state index in [1.807, 2.05) is 0 Å². The molecular formula is C15H24N2O2S. The normalized spacial score (nSPS) is 24.1. The quantitative estimate of drug-likeness (QED) is 0.900. The highest BCUT2D eigenvalue weighted by atomic mass is 32.2. The molecule has 2 atom stereocenters. The van der Waals surface area contributed by atoms with Crippen LogP contribution in [0.2, 0.25) is 0 Å². The molecule has 0 aliphatic carbocycles. The molecule has 112 valence electrons. The molecule has 0 aromatic heterocycles. The third-order valence-corrected chi connectivity index (χ3v) is 4.82. The van der Waals surface area contributed by atoms with Gasteiger partial charge in [-0.1, -0.05) is 24.3 Å². The predicted molar refractivity (Wildman–Crippen MR) is 82.4 cm³/mol. The fourth-order valence-electron chi connectivity index (χ4n) is 3.05. The minimum atomic E-state index is -3.08. The molecule has 0 saturated carbocycles. The predicted octanol–water partition coefficient (Wildman–Crippen LogP) is 1.72. The first-order valence-electron chi connectivity index (χ1n) is 7.11. The monoisotopic (exact) mass is 296 g/mol. The first-order valence-corrected chi connectivity index (χ1v) is 9.00. The molecule has 5 heteroatoms. The van der Waals surface area contributed by atoms with Crippen molar-refractivity contribution in [1.82, 2.24) is 9.62 Å². The molecule has 1 fully saturated rings. The summed E-state index contributed by atoms with van der Waals surface area (Å²) in [5.74, 6) is 0.560. The molecule has 0 unspecified atom stereocenters. The van der Waals surface area contributed by atoms with Gasteiger partial charge in [0.2, 0.25) is 10.0 Å². The van der Waals surface area contributed by atoms with Gasteiger partial charge in [-0.2, -0.15) is 0 Å². The Morgan fingerprint density at radius 2 is 2.05 bits per heavy atom. The van der Waals surface area contributed by atoms with Crippen molar-refractivity contribution in [2.45, 2.75) is 32.2 Å². The second-order valence-corrected chi connectivity index (χ2v) is 7.63. The molecule has 1 N–H and O–H groups in total. The molecule has 1 aliphatic rings. The third-order valence-electron chi connectivity index (χ3n) is 4.10. The number of sulfonamides is 1. The van der Waals surface area contributed by atoms with E-state index in [0.717, 1.165) is 19.5 Å². The molecule has 1 aromatic carbocycles. The highest BCUT2D eigenvalue weighted by molar-refractivity contribution is 7.88. The number of aryl methyl sites for hydroxylation is 1. The van der Waals surface area contributed by atoms with Crippen molar-refractivity contribution in [2.75, 3.05) is 25.9 Å². The standard InChI is InChI=1S/C15H24N2O2S/c1-12-6-4-5-7-15(12)14-10-13(2)17(11-14)9-8-16-20(3,18)19/h4-7,13-14,16H,8-11H2,1-3H3/t13-,14-/m1/s1. The molecule has 4 nitrogen and oxygen atoms in total. The van der Waals surface area contributed by atoms with Gasteiger partial charge in [0, 0.05) is 25.7 Å². The average Bonchev–Trinajstić information content (AvgIpc) is 2.70. The van der Waals surface area contributed by atoms with E-state index in [0.29, 0.717) is 18.5 Å². The lowest BCUT2D eigenvalue weighted by Crippen LogP contribution is -2.36. The summed E-state index contributed by atoms with van der Waals surface area (Å²) in [7, 11) is -3.08. The van der Waals surface area contributed by atoms with Crippen LogP contribution in [0.5, 0.6) is 0 Å². The van der Waals surface area contributed by atoms with Gasteiger partial charge < -0.3 is 0 Å². The van der Waals surface area contributed by atoms with E-state index in [1.54, 1.807) is 0 Å². The van der Waals surface area contributed by atoms with Crippen molar-refractivity contribution in [3.63, 3.8) is 0 Å². The zero-order chi connectivity index (χ0) is 14.8. The Bertz CT molecular complexity index is 557. The number of nitrogens with one attached hydrogen (secondary N) is 1. The summed E-state index contributed by atoms with van der Waals surface area (Å²) < 4.78 is 24.7. The molecule has 1 saturated heterocycles. The minimum absolute atomic E-state index is 0.490. The van der Waals surface area contributed by atoms with Gasteiger partial charge in [-0.05, 0) is 37.3 Å². The summed E-state index contributed by atoms with van der Waals surface area (Å²) in [6.07, 6.45) is 2.35. The molecule has 0 amide bonds. The van der Waals surface area contributed by atoms with Gasteiger partial charge in [0.1, 0.15) is 0 Å². The van der Waals surface area contributed by atoms with E-state index in [4.69, 9.17) is 0 Å². The van der Waals surface area contributed by atoms with Crippen molar-refractivity contribution in [3.05, 3.63) is 35.4 Å². The van der Waals surface area contributed by atoms with Crippen molar-refractivity contribution >= 4 is 10.0 Å². The smallest absolute Gasteiger partial charge is 0.208 e. The SMILES string of the molecule is Cc1ccccc1[C@@H]1C[C@@H](C)N(CCNS(C)(=O)=O)C1. The molecule has 0 bridgehead atoms. The Morgan fingerprint density at radius 3 is 2.70 bits per heavy atom. The lowest BCUT2D eigenvalue weighted by molar-refractivity contribution is 0.272. The summed E-state index contributed by atoms with van der Waals surface area (Å²) in [5.41, 5.74) is 2.78. The van der Waals surface area contributed by atoms with Crippen molar-refractivity contribution < 1.29 is 8.42 Å². The maximum atomic E-state index is 11.1. The summed E-state index contributed by atoms with van der Waals surface area (Å²) >= 11 is 0. The van der Waals surface area contributed by atoms with Crippen LogP contribution in [0.3, 0.4) is 0 Å². The zero-order valence-electron chi connectivity index (χ0n) is 12.5. The van der Waals surface area contributed by atoms with Crippen LogP contribution < -0.4 is 4.72 Å². The Balaban J connectivity index is 1.94. The Hall–Kier alpha value is -0.910. The topological polar surface area (TPSA) is 49.4 Å². The van der Waals surface area contributed by atoms with Crippen LogP contribution in [-0.2, 0) is 10.0 Å². The number of hydrogen-bond acceptors (Lipinski definition) is 3. The number of hydrogen-bond donors (Lipinski definition) is 1. The van der Waals surface area contributed by atoms with Gasteiger partial charge in [-0.15, -0.1) is 0 Å². The van der Waals surface area contributed by atoms with E-state index >= 15 is 0 Å². The van der Waals surface area contributed by atoms with Gasteiger partial charge in [0.25, 0.3) is 0 Å². The number of rotatable bonds is 5. The summed E-state index contributed by atoms with van der Waals surface area (Å²) in [6.45, 7) is 6.66. The molecule has 0 radical (unpaired) electrons. The molecule has 20 heavy (non-hydrogen) atoms. The van der Waals surface area contributed by atoms with Crippen LogP contribution in [0.1, 0.15) is 30.4 Å². The second-order valence-electron chi connectivity index (χ2n) is 5.80. The maximum absolute atomic E-state index is 11.1. The molecule has 0 spiro atoms. The highest BCUT2D eigenvalue weighted by Crippen LogP contribution is 2.32. The summed E-state index contributed by atoms with van der Waals surface area (Å²) in [4.78, 5) is 2.37. The Morgan fingerprint density at radius 1 is 1.35 bits per heavy atom. The maximum Gasteiger partial charge on any atom is 0.208 e. The first-order chi connectivity index (χ1) is 9.37. The number of nitrogens with zero attached hydrogens (tertiary/aromatic N) is 1. The van der Waals surface area contributed by atoms with Gasteiger partial charge in [0.15, 0.2) is 0 Å². The van der Waals surface area contributed by atoms with Crippen LogP contribution in [0, 0.1) is 6.92 Å². The highest BCUT2D eigenvalue weighted by Gasteiger charge is 2.30. The summed E-state index contributed by atoms with van der Waals surface area (Å²) in [5, 5.41) is 0. The van der Waals surface area contributed by atoms with Gasteiger partial charge in [-0.3, -0.25) is 4.90 Å². The zero-order valence-corrected chi connectivity index (χ0v) is 13.3. The molecule has 1 heterocycles. The van der Waals surface area contributed by atoms with Crippen molar-refractivity contribution in [3.8, 4) is 0 Å². The van der Waals surface area contributed by atoms with E-state index in [-0.39, 0.29) is 0 Å². The molecule has 2 rings (SSSR count). The van der Waals surface area contributed by atoms with Gasteiger partial charge in [0.05, 0.1) is 6.26 Å². The fourth-order valence-corrected chi connectivity index (χ4v) is 3.52. The van der Waals surface area contributed by atoms with E-state index in [9.17, 15) is 8.42 Å². The van der Waals surface area contributed by atoms with Crippen LogP contribution in [0.15, 0.2) is 24.3 Å². The van der Waals surface area contributed by atoms with Crippen LogP contribution in [0.25, 0.3) is 0 Å². The minimum Gasteiger partial charge on any atom is -0.299 e. The van der Waals surface area contributed by atoms with E-state index in [2.05, 4.69) is 47.7 Å². The van der Waals surface area contributed by atoms with Crippen LogP contribution >= 0.6 is 0 Å². The number of benzene rings is 1. The molecular weight excluding hydrogens is 272 g/mol. The lowest BCUT2D eigenvalue weighted by Gasteiger charge is -2.20. The molecule has 1 aliphatic heterocycles. The number of likely N-dealkylation sites (tertiary alicyclic amines) is 1.